The van der Waals surface area contributed by atoms with Crippen LogP contribution in [0.4, 0.5) is 0 Å². The van der Waals surface area contributed by atoms with Crippen molar-refractivity contribution >= 4 is 22.8 Å². The van der Waals surface area contributed by atoms with Crippen molar-refractivity contribution < 1.29 is 19.4 Å². The molecule has 0 fully saturated rings. The fraction of sp³-hybridized carbons (Fsp3) is 0.524. The van der Waals surface area contributed by atoms with Gasteiger partial charge in [0.2, 0.25) is 0 Å². The van der Waals surface area contributed by atoms with Gasteiger partial charge in [-0.1, -0.05) is 0 Å². The number of nitrogens with zero attached hydrogens (tertiary/aromatic N) is 1. The smallest absolute Gasteiger partial charge is 0.311 e. The Balaban J connectivity index is 1.99. The summed E-state index contributed by atoms with van der Waals surface area (Å²) in [5.74, 6) is -0.842. The van der Waals surface area contributed by atoms with Crippen molar-refractivity contribution in [2.45, 2.75) is 65.5 Å². The number of aromatic nitrogens is 1. The van der Waals surface area contributed by atoms with Crippen molar-refractivity contribution in [3.8, 4) is 5.75 Å². The molecule has 0 spiro atoms. The molecule has 27 heavy (non-hydrogen) atoms. The summed E-state index contributed by atoms with van der Waals surface area (Å²) in [7, 11) is 0. The Morgan fingerprint density at radius 2 is 1.85 bits per heavy atom. The fourth-order valence-corrected chi connectivity index (χ4v) is 3.36. The monoisotopic (exact) mass is 374 g/mol. The summed E-state index contributed by atoms with van der Waals surface area (Å²) < 4.78 is 5.31. The van der Waals surface area contributed by atoms with E-state index in [0.717, 1.165) is 23.9 Å². The summed E-state index contributed by atoms with van der Waals surface area (Å²) in [4.78, 5) is 28.0. The van der Waals surface area contributed by atoms with Crippen LogP contribution in [0.1, 0.15) is 52.5 Å². The van der Waals surface area contributed by atoms with Crippen molar-refractivity contribution in [1.29, 1.82) is 0 Å². The normalized spacial score (nSPS) is 11.7. The first-order valence-electron chi connectivity index (χ1n) is 9.56. The number of carbonyl (C=O) groups excluding carboxylic acids is 1. The molecule has 0 bridgehead atoms. The number of esters is 1. The van der Waals surface area contributed by atoms with Gasteiger partial charge in [0.1, 0.15) is 5.75 Å². The molecule has 0 aliphatic heterocycles. The van der Waals surface area contributed by atoms with Gasteiger partial charge in [-0.15, -0.1) is 0 Å². The van der Waals surface area contributed by atoms with Gasteiger partial charge in [0, 0.05) is 54.6 Å². The third kappa shape index (κ3) is 6.10. The van der Waals surface area contributed by atoms with E-state index in [0.29, 0.717) is 17.8 Å². The van der Waals surface area contributed by atoms with E-state index < -0.39 is 11.9 Å². The fourth-order valence-electron chi connectivity index (χ4n) is 3.36. The van der Waals surface area contributed by atoms with E-state index in [1.807, 2.05) is 18.3 Å². The van der Waals surface area contributed by atoms with Crippen molar-refractivity contribution in [2.24, 2.45) is 0 Å². The van der Waals surface area contributed by atoms with Crippen LogP contribution in [0, 0.1) is 0 Å². The lowest BCUT2D eigenvalue weighted by molar-refractivity contribution is -0.137. The minimum atomic E-state index is -0.906. The van der Waals surface area contributed by atoms with Crippen LogP contribution in [-0.4, -0.2) is 45.6 Å². The van der Waals surface area contributed by atoms with Crippen LogP contribution in [0.5, 0.6) is 5.75 Å². The number of fused-ring (bicyclic) bond motifs is 1. The number of H-pyrrole nitrogens is 1. The number of carboxylic acid groups (broad SMARTS) is 1. The average molecular weight is 374 g/mol. The highest BCUT2D eigenvalue weighted by Gasteiger charge is 2.14. The number of carbonyl (C=O) groups is 2. The van der Waals surface area contributed by atoms with Crippen molar-refractivity contribution in [1.82, 2.24) is 9.88 Å². The lowest BCUT2D eigenvalue weighted by Crippen LogP contribution is -2.38. The first-order valence-corrected chi connectivity index (χ1v) is 9.56. The van der Waals surface area contributed by atoms with Gasteiger partial charge in [0.05, 0.1) is 0 Å². The number of aromatic amines is 1. The number of hydrogen-bond acceptors (Lipinski definition) is 4. The van der Waals surface area contributed by atoms with Gasteiger partial charge in [-0.25, -0.2) is 0 Å². The zero-order chi connectivity index (χ0) is 20.0. The number of rotatable bonds is 10. The third-order valence-corrected chi connectivity index (χ3v) is 4.71. The van der Waals surface area contributed by atoms with E-state index in [1.165, 1.54) is 5.56 Å². The maximum absolute atomic E-state index is 11.8. The number of nitrogens with one attached hydrogen (secondary N) is 1. The zero-order valence-electron chi connectivity index (χ0n) is 16.6. The Kier molecular flexibility index (Phi) is 7.42. The zero-order valence-corrected chi connectivity index (χ0v) is 16.6. The summed E-state index contributed by atoms with van der Waals surface area (Å²) >= 11 is 0. The molecule has 2 N–H and O–H groups in total. The minimum absolute atomic E-state index is 0.0299. The van der Waals surface area contributed by atoms with Crippen LogP contribution >= 0.6 is 0 Å². The first kappa shape index (κ1) is 21.0. The molecule has 0 amide bonds. The molecule has 0 aliphatic carbocycles. The first-order chi connectivity index (χ1) is 12.8. The van der Waals surface area contributed by atoms with Crippen molar-refractivity contribution in [2.75, 3.05) is 6.54 Å². The standard InChI is InChI=1S/C21H30N2O4/c1-14(2)23(15(3)4)11-10-16-13-22-19-12-17(8-9-18(16)19)27-21(26)7-5-6-20(24)25/h8-9,12-15,22H,5-7,10-11H2,1-4H3,(H,24,25). The molecule has 1 aromatic carbocycles. The van der Waals surface area contributed by atoms with Gasteiger partial charge in [-0.2, -0.15) is 0 Å². The Labute approximate surface area is 160 Å². The molecule has 2 aromatic rings. The molecular weight excluding hydrogens is 344 g/mol. The molecule has 0 saturated carbocycles. The maximum atomic E-state index is 11.8. The Morgan fingerprint density at radius 1 is 1.15 bits per heavy atom. The molecule has 1 heterocycles. The van der Waals surface area contributed by atoms with Gasteiger partial charge >= 0.3 is 11.9 Å². The molecule has 0 atom stereocenters. The van der Waals surface area contributed by atoms with E-state index in [-0.39, 0.29) is 19.3 Å². The predicted molar refractivity (Wildman–Crippen MR) is 106 cm³/mol. The van der Waals surface area contributed by atoms with Crippen LogP contribution in [0.15, 0.2) is 24.4 Å². The van der Waals surface area contributed by atoms with Crippen molar-refractivity contribution in [3.05, 3.63) is 30.0 Å². The summed E-state index contributed by atoms with van der Waals surface area (Å²) in [5.41, 5.74) is 2.18. The summed E-state index contributed by atoms with van der Waals surface area (Å²) in [6.45, 7) is 9.85. The number of aliphatic carboxylic acids is 1. The van der Waals surface area contributed by atoms with E-state index >= 15 is 0 Å². The molecule has 0 unspecified atom stereocenters. The summed E-state index contributed by atoms with van der Waals surface area (Å²) in [5, 5.41) is 9.75. The Bertz CT molecular complexity index is 772. The molecule has 0 saturated heterocycles. The molecule has 2 rings (SSSR count). The van der Waals surface area contributed by atoms with Crippen LogP contribution in [0.2, 0.25) is 0 Å². The second-order valence-electron chi connectivity index (χ2n) is 7.42. The molecule has 0 aliphatic rings. The van der Waals surface area contributed by atoms with Gasteiger partial charge in [0.15, 0.2) is 0 Å². The Hall–Kier alpha value is -2.34. The molecule has 1 aromatic heterocycles. The van der Waals surface area contributed by atoms with E-state index in [1.54, 1.807) is 6.07 Å². The molecule has 6 heteroatoms. The van der Waals surface area contributed by atoms with Crippen LogP contribution in [0.3, 0.4) is 0 Å². The third-order valence-electron chi connectivity index (χ3n) is 4.71. The quantitative estimate of drug-likeness (QED) is 0.485. The van der Waals surface area contributed by atoms with Crippen molar-refractivity contribution in [3.63, 3.8) is 0 Å². The maximum Gasteiger partial charge on any atom is 0.311 e. The molecule has 148 valence electrons. The highest BCUT2D eigenvalue weighted by Crippen LogP contribution is 2.24. The topological polar surface area (TPSA) is 82.6 Å². The average Bonchev–Trinajstić information content (AvgIpc) is 2.96. The summed E-state index contributed by atoms with van der Waals surface area (Å²) in [6.07, 6.45) is 3.32. The lowest BCUT2D eigenvalue weighted by Gasteiger charge is -2.30. The van der Waals surface area contributed by atoms with Gasteiger partial charge < -0.3 is 14.8 Å². The molecule has 6 nitrogen and oxygen atoms in total. The summed E-state index contributed by atoms with van der Waals surface area (Å²) in [6, 6.07) is 6.58. The van der Waals surface area contributed by atoms with E-state index in [2.05, 4.69) is 37.6 Å². The predicted octanol–water partition coefficient (Wildman–Crippen LogP) is 3.99. The minimum Gasteiger partial charge on any atom is -0.481 e. The highest BCUT2D eigenvalue weighted by molar-refractivity contribution is 5.85. The highest BCUT2D eigenvalue weighted by atomic mass is 16.5. The second kappa shape index (κ2) is 9.55. The van der Waals surface area contributed by atoms with E-state index in [4.69, 9.17) is 9.84 Å². The lowest BCUT2D eigenvalue weighted by atomic mass is 10.1. The molecular formula is C21H30N2O4. The van der Waals surface area contributed by atoms with Crippen LogP contribution in [0.25, 0.3) is 10.9 Å². The SMILES string of the molecule is CC(C)N(CCc1c[nH]c2cc(OC(=O)CCCC(=O)O)ccc12)C(C)C. The van der Waals surface area contributed by atoms with E-state index in [9.17, 15) is 9.59 Å². The largest absolute Gasteiger partial charge is 0.481 e. The Morgan fingerprint density at radius 3 is 2.48 bits per heavy atom. The van der Waals surface area contributed by atoms with Crippen LogP contribution < -0.4 is 4.74 Å². The number of benzene rings is 1. The van der Waals surface area contributed by atoms with Crippen LogP contribution in [-0.2, 0) is 16.0 Å². The number of hydrogen-bond donors (Lipinski definition) is 2. The molecule has 0 radical (unpaired) electrons. The van der Waals surface area contributed by atoms with Gasteiger partial charge in [-0.05, 0) is 58.2 Å². The number of carboxylic acids is 1. The second-order valence-corrected chi connectivity index (χ2v) is 7.42. The van der Waals surface area contributed by atoms with Gasteiger partial charge in [0.25, 0.3) is 0 Å². The van der Waals surface area contributed by atoms with Gasteiger partial charge in [-0.3, -0.25) is 14.5 Å². The number of ether oxygens (including phenoxy) is 1.